The number of piperidine rings is 1. The summed E-state index contributed by atoms with van der Waals surface area (Å²) in [5.74, 6) is 1.81. The molecule has 0 spiro atoms. The van der Waals surface area contributed by atoms with Crippen LogP contribution in [0.1, 0.15) is 30.0 Å². The first-order chi connectivity index (χ1) is 9.31. The van der Waals surface area contributed by atoms with Gasteiger partial charge in [-0.05, 0) is 68.6 Å². The van der Waals surface area contributed by atoms with E-state index in [9.17, 15) is 0 Å². The van der Waals surface area contributed by atoms with Crippen molar-refractivity contribution in [2.75, 3.05) is 33.8 Å². The topological polar surface area (TPSA) is 24.5 Å². The summed E-state index contributed by atoms with van der Waals surface area (Å²) in [5.41, 5.74) is 3.03. The van der Waals surface area contributed by atoms with E-state index >= 15 is 0 Å². The maximum atomic E-state index is 5.35. The zero-order valence-electron chi connectivity index (χ0n) is 12.0. The molecule has 3 heteroatoms. The van der Waals surface area contributed by atoms with E-state index < -0.39 is 0 Å². The van der Waals surface area contributed by atoms with Crippen LogP contribution in [0.15, 0.2) is 18.2 Å². The molecule has 104 valence electrons. The lowest BCUT2D eigenvalue weighted by Crippen LogP contribution is -2.43. The molecule has 1 fully saturated rings. The number of ether oxygens (including phenoxy) is 1. The average Bonchev–Trinajstić information content (AvgIpc) is 2.46. The Hall–Kier alpha value is -1.06. The molecule has 0 saturated carbocycles. The van der Waals surface area contributed by atoms with Crippen molar-refractivity contribution in [1.29, 1.82) is 0 Å². The molecule has 0 aliphatic carbocycles. The van der Waals surface area contributed by atoms with Crippen LogP contribution in [0.5, 0.6) is 5.75 Å². The molecule has 0 radical (unpaired) electrons. The molecule has 3 nitrogen and oxygen atoms in total. The standard InChI is InChI=1S/C16H24N2O/c1-17-11-12-5-7-18-8-6-13-10-14(19-2)3-4-15(13)16(18)9-12/h3-4,10,12,16-17H,5-9,11H2,1-2H3/t12-,16-/m0/s1. The first kappa shape index (κ1) is 12.9. The monoisotopic (exact) mass is 260 g/mol. The van der Waals surface area contributed by atoms with E-state index in [1.165, 1.54) is 43.5 Å². The number of fused-ring (bicyclic) bond motifs is 3. The molecule has 2 heterocycles. The smallest absolute Gasteiger partial charge is 0.119 e. The van der Waals surface area contributed by atoms with Crippen molar-refractivity contribution in [3.05, 3.63) is 29.3 Å². The predicted octanol–water partition coefficient (Wildman–Crippen LogP) is 2.22. The van der Waals surface area contributed by atoms with Crippen molar-refractivity contribution in [3.8, 4) is 5.75 Å². The van der Waals surface area contributed by atoms with Crippen LogP contribution in [0, 0.1) is 5.92 Å². The summed E-state index contributed by atoms with van der Waals surface area (Å²) in [6, 6.07) is 7.26. The molecule has 0 aromatic heterocycles. The molecule has 0 bridgehead atoms. The van der Waals surface area contributed by atoms with Gasteiger partial charge in [0.2, 0.25) is 0 Å². The van der Waals surface area contributed by atoms with Crippen LogP contribution < -0.4 is 10.1 Å². The van der Waals surface area contributed by atoms with Crippen molar-refractivity contribution >= 4 is 0 Å². The molecule has 1 N–H and O–H groups in total. The third kappa shape index (κ3) is 2.49. The van der Waals surface area contributed by atoms with Gasteiger partial charge in [-0.1, -0.05) is 6.07 Å². The average molecular weight is 260 g/mol. The van der Waals surface area contributed by atoms with E-state index in [-0.39, 0.29) is 0 Å². The minimum Gasteiger partial charge on any atom is -0.497 e. The van der Waals surface area contributed by atoms with Gasteiger partial charge in [0.1, 0.15) is 5.75 Å². The molecule has 1 aromatic rings. The van der Waals surface area contributed by atoms with Crippen molar-refractivity contribution in [2.24, 2.45) is 5.92 Å². The SMILES string of the molecule is CNC[C@H]1CCN2CCc3cc(OC)ccc3[C@@H]2C1. The largest absolute Gasteiger partial charge is 0.497 e. The summed E-state index contributed by atoms with van der Waals surface area (Å²) in [6.07, 6.45) is 3.79. The fourth-order valence-electron chi connectivity index (χ4n) is 3.67. The summed E-state index contributed by atoms with van der Waals surface area (Å²) < 4.78 is 5.35. The van der Waals surface area contributed by atoms with Crippen LogP contribution in [-0.2, 0) is 6.42 Å². The predicted molar refractivity (Wildman–Crippen MR) is 77.7 cm³/mol. The molecule has 2 atom stereocenters. The molecule has 1 aromatic carbocycles. The fraction of sp³-hybridized carbons (Fsp3) is 0.625. The molecule has 19 heavy (non-hydrogen) atoms. The number of nitrogens with zero attached hydrogens (tertiary/aromatic N) is 1. The Kier molecular flexibility index (Phi) is 3.76. The Morgan fingerprint density at radius 2 is 2.26 bits per heavy atom. The summed E-state index contributed by atoms with van der Waals surface area (Å²) in [5, 5.41) is 3.34. The second kappa shape index (κ2) is 5.51. The van der Waals surface area contributed by atoms with Crippen LogP contribution in [0.4, 0.5) is 0 Å². The fourth-order valence-corrected chi connectivity index (χ4v) is 3.67. The lowest BCUT2D eigenvalue weighted by molar-refractivity contribution is 0.103. The van der Waals surface area contributed by atoms with Gasteiger partial charge in [0.05, 0.1) is 7.11 Å². The number of nitrogens with one attached hydrogen (secondary N) is 1. The van der Waals surface area contributed by atoms with E-state index in [2.05, 4.69) is 35.5 Å². The number of hydrogen-bond donors (Lipinski definition) is 1. The van der Waals surface area contributed by atoms with Gasteiger partial charge >= 0.3 is 0 Å². The molecule has 2 aliphatic rings. The second-order valence-electron chi connectivity index (χ2n) is 5.81. The molecular formula is C16H24N2O. The summed E-state index contributed by atoms with van der Waals surface area (Å²) >= 11 is 0. The normalized spacial score (nSPS) is 26.6. The first-order valence-corrected chi connectivity index (χ1v) is 7.37. The molecule has 0 amide bonds. The first-order valence-electron chi connectivity index (χ1n) is 7.37. The Balaban J connectivity index is 1.84. The maximum Gasteiger partial charge on any atom is 0.119 e. The highest BCUT2D eigenvalue weighted by molar-refractivity contribution is 5.39. The zero-order valence-corrected chi connectivity index (χ0v) is 12.0. The van der Waals surface area contributed by atoms with Gasteiger partial charge in [-0.3, -0.25) is 4.90 Å². The summed E-state index contributed by atoms with van der Waals surface area (Å²) in [6.45, 7) is 3.61. The number of methoxy groups -OCH3 is 1. The molecule has 2 aliphatic heterocycles. The third-order valence-corrected chi connectivity index (χ3v) is 4.69. The van der Waals surface area contributed by atoms with Crippen molar-refractivity contribution < 1.29 is 4.74 Å². The molecule has 3 rings (SSSR count). The molecule has 0 unspecified atom stereocenters. The van der Waals surface area contributed by atoms with E-state index in [0.717, 1.165) is 18.2 Å². The van der Waals surface area contributed by atoms with Crippen LogP contribution in [0.2, 0.25) is 0 Å². The van der Waals surface area contributed by atoms with Gasteiger partial charge in [0.15, 0.2) is 0 Å². The minimum atomic E-state index is 0.627. The highest BCUT2D eigenvalue weighted by Crippen LogP contribution is 2.39. The van der Waals surface area contributed by atoms with Gasteiger partial charge in [-0.2, -0.15) is 0 Å². The van der Waals surface area contributed by atoms with Gasteiger partial charge < -0.3 is 10.1 Å². The van der Waals surface area contributed by atoms with Crippen LogP contribution >= 0.6 is 0 Å². The molecular weight excluding hydrogens is 236 g/mol. The van der Waals surface area contributed by atoms with Gasteiger partial charge in [-0.25, -0.2) is 0 Å². The van der Waals surface area contributed by atoms with E-state index in [1.807, 2.05) is 0 Å². The number of hydrogen-bond acceptors (Lipinski definition) is 3. The number of rotatable bonds is 3. The van der Waals surface area contributed by atoms with Crippen LogP contribution in [0.3, 0.4) is 0 Å². The lowest BCUT2D eigenvalue weighted by atomic mass is 9.82. The minimum absolute atomic E-state index is 0.627. The quantitative estimate of drug-likeness (QED) is 0.902. The van der Waals surface area contributed by atoms with E-state index in [4.69, 9.17) is 4.74 Å². The van der Waals surface area contributed by atoms with Gasteiger partial charge in [0.25, 0.3) is 0 Å². The van der Waals surface area contributed by atoms with Gasteiger partial charge in [0, 0.05) is 12.6 Å². The van der Waals surface area contributed by atoms with Crippen LogP contribution in [0.25, 0.3) is 0 Å². The van der Waals surface area contributed by atoms with Gasteiger partial charge in [-0.15, -0.1) is 0 Å². The Labute approximate surface area is 115 Å². The number of benzene rings is 1. The van der Waals surface area contributed by atoms with Crippen LogP contribution in [-0.4, -0.2) is 38.7 Å². The highest BCUT2D eigenvalue weighted by Gasteiger charge is 2.33. The summed E-state index contributed by atoms with van der Waals surface area (Å²) in [4.78, 5) is 2.67. The highest BCUT2D eigenvalue weighted by atomic mass is 16.5. The lowest BCUT2D eigenvalue weighted by Gasteiger charge is -2.43. The van der Waals surface area contributed by atoms with Crippen molar-refractivity contribution in [1.82, 2.24) is 10.2 Å². The van der Waals surface area contributed by atoms with Crippen molar-refractivity contribution in [3.63, 3.8) is 0 Å². The molecule has 1 saturated heterocycles. The Morgan fingerprint density at radius 1 is 1.37 bits per heavy atom. The maximum absolute atomic E-state index is 5.35. The zero-order chi connectivity index (χ0) is 13.2. The third-order valence-electron chi connectivity index (χ3n) is 4.69. The second-order valence-corrected chi connectivity index (χ2v) is 5.81. The Bertz CT molecular complexity index is 446. The van der Waals surface area contributed by atoms with E-state index in [1.54, 1.807) is 7.11 Å². The Morgan fingerprint density at radius 3 is 3.05 bits per heavy atom. The van der Waals surface area contributed by atoms with Crippen molar-refractivity contribution in [2.45, 2.75) is 25.3 Å². The van der Waals surface area contributed by atoms with E-state index in [0.29, 0.717) is 6.04 Å². The summed E-state index contributed by atoms with van der Waals surface area (Å²) in [7, 11) is 3.81.